The van der Waals surface area contributed by atoms with E-state index in [-0.39, 0.29) is 9.79 Å². The highest BCUT2D eigenvalue weighted by Crippen LogP contribution is 2.25. The van der Waals surface area contributed by atoms with Gasteiger partial charge in [0, 0.05) is 25.5 Å². The summed E-state index contributed by atoms with van der Waals surface area (Å²) in [5, 5.41) is 6.51. The Hall–Kier alpha value is -2.45. The average Bonchev–Trinajstić information content (AvgIpc) is 3.01. The summed E-state index contributed by atoms with van der Waals surface area (Å²) in [4.78, 5) is 2.36. The minimum absolute atomic E-state index is 0.233. The molecule has 0 radical (unpaired) electrons. The second-order valence-corrected chi connectivity index (χ2v) is 7.76. The summed E-state index contributed by atoms with van der Waals surface area (Å²) >= 11 is 5.11. The van der Waals surface area contributed by atoms with Gasteiger partial charge in [-0.3, -0.25) is 9.67 Å². The van der Waals surface area contributed by atoms with Crippen molar-refractivity contribution < 1.29 is 8.42 Å². The normalized spacial score (nSPS) is 11.4. The summed E-state index contributed by atoms with van der Waals surface area (Å²) in [6.07, 6.45) is 1.55. The molecule has 0 aliphatic carbocycles. The van der Waals surface area contributed by atoms with Crippen molar-refractivity contribution in [2.24, 2.45) is 0 Å². The van der Waals surface area contributed by atoms with Gasteiger partial charge < -0.3 is 4.90 Å². The fourth-order valence-electron chi connectivity index (χ4n) is 2.28. The number of benzene rings is 2. The third-order valence-corrected chi connectivity index (χ3v) is 5.68. The highest BCUT2D eigenvalue weighted by atomic mass is 32.2. The van der Waals surface area contributed by atoms with E-state index in [1.54, 1.807) is 53.4 Å². The van der Waals surface area contributed by atoms with Crippen molar-refractivity contribution in [3.63, 3.8) is 0 Å². The standard InChI is InChI=1S/C16H16N4O2S2/c1-19(2)13-4-3-5-15(10-13)24(21,22)14-8-6-12(7-9-14)20-11-17-18-16(20)23/h3-11H,1-2H3,(H,18,23). The maximum atomic E-state index is 12.8. The van der Waals surface area contributed by atoms with E-state index in [4.69, 9.17) is 12.2 Å². The Kier molecular flexibility index (Phi) is 4.25. The first-order chi connectivity index (χ1) is 11.4. The molecule has 6 nitrogen and oxygen atoms in total. The number of aromatic nitrogens is 3. The van der Waals surface area contributed by atoms with Crippen LogP contribution in [0.3, 0.4) is 0 Å². The van der Waals surface area contributed by atoms with Gasteiger partial charge in [0.25, 0.3) is 0 Å². The van der Waals surface area contributed by atoms with Crippen molar-refractivity contribution in [3.8, 4) is 5.69 Å². The number of hydrogen-bond donors (Lipinski definition) is 1. The number of aromatic amines is 1. The molecule has 1 heterocycles. The van der Waals surface area contributed by atoms with Crippen LogP contribution in [0.2, 0.25) is 0 Å². The first-order valence-electron chi connectivity index (χ1n) is 7.14. The molecule has 0 bridgehead atoms. The van der Waals surface area contributed by atoms with Gasteiger partial charge in [0.1, 0.15) is 6.33 Å². The molecule has 1 aromatic heterocycles. The van der Waals surface area contributed by atoms with Crippen molar-refractivity contribution in [1.82, 2.24) is 14.8 Å². The van der Waals surface area contributed by atoms with Crippen LogP contribution >= 0.6 is 12.2 Å². The SMILES string of the molecule is CN(C)c1cccc(S(=O)(=O)c2ccc(-n3cn[nH]c3=S)cc2)c1. The first-order valence-corrected chi connectivity index (χ1v) is 9.04. The fraction of sp³-hybridized carbons (Fsp3) is 0.125. The molecule has 0 saturated heterocycles. The predicted octanol–water partition coefficient (Wildman–Crippen LogP) is 2.83. The Morgan fingerprint density at radius 2 is 1.79 bits per heavy atom. The molecule has 24 heavy (non-hydrogen) atoms. The monoisotopic (exact) mass is 360 g/mol. The lowest BCUT2D eigenvalue weighted by molar-refractivity contribution is 0.596. The van der Waals surface area contributed by atoms with Gasteiger partial charge in [0.05, 0.1) is 9.79 Å². The molecule has 8 heteroatoms. The van der Waals surface area contributed by atoms with Crippen LogP contribution < -0.4 is 4.90 Å². The van der Waals surface area contributed by atoms with Gasteiger partial charge in [-0.25, -0.2) is 8.42 Å². The molecule has 0 atom stereocenters. The van der Waals surface area contributed by atoms with Crippen LogP contribution in [0.15, 0.2) is 64.6 Å². The van der Waals surface area contributed by atoms with E-state index in [1.807, 2.05) is 25.1 Å². The molecule has 3 rings (SSSR count). The smallest absolute Gasteiger partial charge is 0.206 e. The van der Waals surface area contributed by atoms with E-state index in [1.165, 1.54) is 0 Å². The number of nitrogens with zero attached hydrogens (tertiary/aromatic N) is 3. The average molecular weight is 360 g/mol. The van der Waals surface area contributed by atoms with Crippen LogP contribution in [0.4, 0.5) is 5.69 Å². The Morgan fingerprint density at radius 3 is 2.38 bits per heavy atom. The lowest BCUT2D eigenvalue weighted by atomic mass is 10.3. The van der Waals surface area contributed by atoms with Gasteiger partial charge in [-0.15, -0.1) is 0 Å². The second-order valence-electron chi connectivity index (χ2n) is 5.42. The van der Waals surface area contributed by atoms with E-state index in [0.29, 0.717) is 4.77 Å². The largest absolute Gasteiger partial charge is 0.378 e. The Labute approximate surface area is 145 Å². The summed E-state index contributed by atoms with van der Waals surface area (Å²) in [7, 11) is 0.164. The molecule has 0 saturated carbocycles. The van der Waals surface area contributed by atoms with Gasteiger partial charge in [-0.2, -0.15) is 5.10 Å². The van der Waals surface area contributed by atoms with E-state index in [2.05, 4.69) is 10.2 Å². The highest BCUT2D eigenvalue weighted by Gasteiger charge is 2.18. The Morgan fingerprint density at radius 1 is 1.08 bits per heavy atom. The molecular formula is C16H16N4O2S2. The summed E-state index contributed by atoms with van der Waals surface area (Å²) in [5.74, 6) is 0. The number of rotatable bonds is 4. The predicted molar refractivity (Wildman–Crippen MR) is 95.0 cm³/mol. The van der Waals surface area contributed by atoms with Crippen molar-refractivity contribution in [1.29, 1.82) is 0 Å². The third-order valence-electron chi connectivity index (χ3n) is 3.62. The maximum Gasteiger partial charge on any atom is 0.206 e. The molecule has 0 aliphatic heterocycles. The molecule has 0 aliphatic rings. The molecule has 3 aromatic rings. The minimum Gasteiger partial charge on any atom is -0.378 e. The molecule has 1 N–H and O–H groups in total. The molecule has 2 aromatic carbocycles. The van der Waals surface area contributed by atoms with Crippen LogP contribution in [-0.2, 0) is 9.84 Å². The lowest BCUT2D eigenvalue weighted by Crippen LogP contribution is -2.10. The van der Waals surface area contributed by atoms with E-state index in [9.17, 15) is 8.42 Å². The Bertz CT molecular complexity index is 1020. The highest BCUT2D eigenvalue weighted by molar-refractivity contribution is 7.91. The van der Waals surface area contributed by atoms with Crippen LogP contribution in [0.25, 0.3) is 5.69 Å². The molecule has 0 fully saturated rings. The van der Waals surface area contributed by atoms with Crippen LogP contribution in [-0.4, -0.2) is 37.3 Å². The van der Waals surface area contributed by atoms with Gasteiger partial charge in [0.15, 0.2) is 4.77 Å². The quantitative estimate of drug-likeness (QED) is 0.725. The number of sulfone groups is 1. The number of anilines is 1. The number of nitrogens with one attached hydrogen (secondary N) is 1. The summed E-state index contributed by atoms with van der Waals surface area (Å²) in [6.45, 7) is 0. The zero-order chi connectivity index (χ0) is 17.3. The minimum atomic E-state index is -3.58. The summed E-state index contributed by atoms with van der Waals surface area (Å²) < 4.78 is 27.7. The first kappa shape index (κ1) is 16.4. The van der Waals surface area contributed by atoms with Gasteiger partial charge in [0.2, 0.25) is 9.84 Å². The molecule has 0 unspecified atom stereocenters. The van der Waals surface area contributed by atoms with Crippen molar-refractivity contribution >= 4 is 27.7 Å². The lowest BCUT2D eigenvalue weighted by Gasteiger charge is -2.14. The zero-order valence-corrected chi connectivity index (χ0v) is 14.8. The van der Waals surface area contributed by atoms with Gasteiger partial charge >= 0.3 is 0 Å². The van der Waals surface area contributed by atoms with Crippen LogP contribution in [0, 0.1) is 4.77 Å². The van der Waals surface area contributed by atoms with E-state index >= 15 is 0 Å². The summed E-state index contributed by atoms with van der Waals surface area (Å²) in [5.41, 5.74) is 1.58. The van der Waals surface area contributed by atoms with Crippen molar-refractivity contribution in [2.75, 3.05) is 19.0 Å². The second kappa shape index (κ2) is 6.21. The van der Waals surface area contributed by atoms with Gasteiger partial charge in [-0.05, 0) is 54.7 Å². The van der Waals surface area contributed by atoms with Crippen molar-refractivity contribution in [2.45, 2.75) is 9.79 Å². The number of H-pyrrole nitrogens is 1. The van der Waals surface area contributed by atoms with Crippen LogP contribution in [0.5, 0.6) is 0 Å². The summed E-state index contributed by atoms with van der Waals surface area (Å²) in [6, 6.07) is 13.4. The van der Waals surface area contributed by atoms with Crippen LogP contribution in [0.1, 0.15) is 0 Å². The zero-order valence-electron chi connectivity index (χ0n) is 13.2. The third kappa shape index (κ3) is 2.98. The molecule has 0 amide bonds. The molecule has 0 spiro atoms. The fourth-order valence-corrected chi connectivity index (χ4v) is 3.79. The topological polar surface area (TPSA) is 71.0 Å². The maximum absolute atomic E-state index is 12.8. The van der Waals surface area contributed by atoms with Crippen molar-refractivity contribution in [3.05, 3.63) is 59.6 Å². The molecular weight excluding hydrogens is 344 g/mol. The van der Waals surface area contributed by atoms with E-state index in [0.717, 1.165) is 11.4 Å². The number of hydrogen-bond acceptors (Lipinski definition) is 5. The van der Waals surface area contributed by atoms with Gasteiger partial charge in [-0.1, -0.05) is 6.07 Å². The Balaban J connectivity index is 2.00. The molecule has 124 valence electrons. The van der Waals surface area contributed by atoms with E-state index < -0.39 is 9.84 Å².